The maximum atomic E-state index is 13.6. The van der Waals surface area contributed by atoms with Crippen LogP contribution in [0.3, 0.4) is 0 Å². The average molecular weight is 420 g/mol. The van der Waals surface area contributed by atoms with Crippen LogP contribution in [0.1, 0.15) is 57.4 Å². The van der Waals surface area contributed by atoms with Crippen LogP contribution in [0.15, 0.2) is 35.0 Å². The van der Waals surface area contributed by atoms with Crippen molar-refractivity contribution in [2.45, 2.75) is 38.6 Å². The van der Waals surface area contributed by atoms with Crippen molar-refractivity contribution in [3.63, 3.8) is 0 Å². The molecule has 1 fully saturated rings. The summed E-state index contributed by atoms with van der Waals surface area (Å²) >= 11 is 1.61. The maximum Gasteiger partial charge on any atom is 0.292 e. The molecule has 1 N–H and O–H groups in total. The highest BCUT2D eigenvalue weighted by atomic mass is 32.1. The minimum atomic E-state index is -0.332. The molecule has 0 unspecified atom stereocenters. The lowest BCUT2D eigenvalue weighted by Gasteiger charge is -2.33. The van der Waals surface area contributed by atoms with E-state index < -0.39 is 0 Å². The molecule has 1 amide bonds. The molecule has 1 aliphatic heterocycles. The highest BCUT2D eigenvalue weighted by Crippen LogP contribution is 2.38. The number of oxazole rings is 1. The molecule has 4 aromatic rings. The number of H-pyrrole nitrogens is 1. The van der Waals surface area contributed by atoms with E-state index in [1.54, 1.807) is 17.7 Å². The van der Waals surface area contributed by atoms with Crippen molar-refractivity contribution in [1.29, 1.82) is 0 Å². The number of carbonyl (C=O) groups is 1. The molecule has 0 spiro atoms. The van der Waals surface area contributed by atoms with Gasteiger partial charge in [0.15, 0.2) is 5.89 Å². The Hall–Kier alpha value is -3.00. The molecular weight excluding hydrogens is 398 g/mol. The van der Waals surface area contributed by atoms with Crippen molar-refractivity contribution in [3.05, 3.63) is 64.3 Å². The molecule has 6 rings (SSSR count). The summed E-state index contributed by atoms with van der Waals surface area (Å²) in [6, 6.07) is 7.71. The SMILES string of the molecule is Cc1nc(CC2CC2)oc1C(=O)N1CCc2[nH]cnc2[C@H]1c1nc2ccccc2s1. The van der Waals surface area contributed by atoms with Crippen LogP contribution in [0.5, 0.6) is 0 Å². The Kier molecular flexibility index (Phi) is 4.02. The largest absolute Gasteiger partial charge is 0.435 e. The molecule has 0 saturated heterocycles. The number of imidazole rings is 1. The summed E-state index contributed by atoms with van der Waals surface area (Å²) < 4.78 is 7.05. The molecule has 1 aliphatic carbocycles. The molecule has 8 heteroatoms. The number of benzene rings is 1. The predicted octanol–water partition coefficient (Wildman–Crippen LogP) is 4.06. The van der Waals surface area contributed by atoms with Crippen LogP contribution >= 0.6 is 11.3 Å². The van der Waals surface area contributed by atoms with Gasteiger partial charge >= 0.3 is 0 Å². The Morgan fingerprint density at radius 1 is 1.30 bits per heavy atom. The van der Waals surface area contributed by atoms with Gasteiger partial charge in [-0.1, -0.05) is 12.1 Å². The number of nitrogens with zero attached hydrogens (tertiary/aromatic N) is 4. The van der Waals surface area contributed by atoms with Crippen molar-refractivity contribution in [1.82, 2.24) is 24.8 Å². The lowest BCUT2D eigenvalue weighted by Crippen LogP contribution is -2.40. The van der Waals surface area contributed by atoms with E-state index in [-0.39, 0.29) is 11.9 Å². The van der Waals surface area contributed by atoms with Crippen LogP contribution < -0.4 is 0 Å². The van der Waals surface area contributed by atoms with Crippen molar-refractivity contribution in [2.75, 3.05) is 6.54 Å². The molecule has 7 nitrogen and oxygen atoms in total. The van der Waals surface area contributed by atoms with Gasteiger partial charge in [0, 0.05) is 25.1 Å². The summed E-state index contributed by atoms with van der Waals surface area (Å²) in [6.07, 6.45) is 5.69. The van der Waals surface area contributed by atoms with Gasteiger partial charge in [-0.05, 0) is 37.8 Å². The Bertz CT molecular complexity index is 1220. The molecular formula is C22H21N5O2S. The zero-order chi connectivity index (χ0) is 20.2. The first-order valence-electron chi connectivity index (χ1n) is 10.3. The highest BCUT2D eigenvalue weighted by molar-refractivity contribution is 7.18. The molecule has 0 radical (unpaired) electrons. The fourth-order valence-corrected chi connectivity index (χ4v) is 5.27. The third kappa shape index (κ3) is 2.94. The second-order valence-corrected chi connectivity index (χ2v) is 9.17. The van der Waals surface area contributed by atoms with E-state index in [1.165, 1.54) is 12.8 Å². The minimum absolute atomic E-state index is 0.139. The number of amides is 1. The standard InChI is InChI=1S/C22H21N5O2S/c1-12-20(29-17(25-12)10-13-6-7-13)22(28)27-9-8-15-18(24-11-23-15)19(27)21-26-14-4-2-3-5-16(14)30-21/h2-5,11,13,19H,6-10H2,1H3,(H,23,24)/t19-/m0/s1. The van der Waals surface area contributed by atoms with E-state index in [0.717, 1.165) is 39.5 Å². The van der Waals surface area contributed by atoms with Gasteiger partial charge in [-0.3, -0.25) is 4.79 Å². The number of aryl methyl sites for hydroxylation is 1. The van der Waals surface area contributed by atoms with Gasteiger partial charge < -0.3 is 14.3 Å². The summed E-state index contributed by atoms with van der Waals surface area (Å²) in [5.41, 5.74) is 3.53. The van der Waals surface area contributed by atoms with Crippen LogP contribution in [0.2, 0.25) is 0 Å². The fourth-order valence-electron chi connectivity index (χ4n) is 4.19. The topological polar surface area (TPSA) is 87.9 Å². The molecule has 152 valence electrons. The number of fused-ring (bicyclic) bond motifs is 2. The van der Waals surface area contributed by atoms with Crippen LogP contribution in [0, 0.1) is 12.8 Å². The highest BCUT2D eigenvalue weighted by Gasteiger charge is 2.38. The normalized spacial score (nSPS) is 18.7. The molecule has 1 aromatic carbocycles. The van der Waals surface area contributed by atoms with Crippen LogP contribution in [-0.4, -0.2) is 37.3 Å². The van der Waals surface area contributed by atoms with E-state index in [0.29, 0.717) is 29.8 Å². The first-order chi connectivity index (χ1) is 14.7. The third-order valence-corrected chi connectivity index (χ3v) is 7.01. The van der Waals surface area contributed by atoms with Crippen LogP contribution in [0.25, 0.3) is 10.2 Å². The minimum Gasteiger partial charge on any atom is -0.435 e. The van der Waals surface area contributed by atoms with Crippen molar-refractivity contribution in [3.8, 4) is 0 Å². The summed E-state index contributed by atoms with van der Waals surface area (Å²) in [7, 11) is 0. The van der Waals surface area contributed by atoms with E-state index in [2.05, 4.69) is 21.0 Å². The van der Waals surface area contributed by atoms with E-state index in [1.807, 2.05) is 30.0 Å². The lowest BCUT2D eigenvalue weighted by atomic mass is 10.0. The number of para-hydroxylation sites is 1. The quantitative estimate of drug-likeness (QED) is 0.539. The Morgan fingerprint density at radius 2 is 2.17 bits per heavy atom. The molecule has 4 heterocycles. The van der Waals surface area contributed by atoms with Gasteiger partial charge in [0.2, 0.25) is 5.76 Å². The van der Waals surface area contributed by atoms with Gasteiger partial charge in [0.25, 0.3) is 5.91 Å². The van der Waals surface area contributed by atoms with Crippen molar-refractivity contribution < 1.29 is 9.21 Å². The second kappa shape index (κ2) is 6.77. The summed E-state index contributed by atoms with van der Waals surface area (Å²) in [6.45, 7) is 2.43. The molecule has 30 heavy (non-hydrogen) atoms. The first kappa shape index (κ1) is 17.8. The van der Waals surface area contributed by atoms with Crippen molar-refractivity contribution >= 4 is 27.5 Å². The van der Waals surface area contributed by atoms with Gasteiger partial charge in [-0.2, -0.15) is 0 Å². The number of hydrogen-bond donors (Lipinski definition) is 1. The summed E-state index contributed by atoms with van der Waals surface area (Å²) in [5.74, 6) is 1.53. The number of nitrogens with one attached hydrogen (secondary N) is 1. The predicted molar refractivity (Wildman–Crippen MR) is 112 cm³/mol. The number of hydrogen-bond acceptors (Lipinski definition) is 6. The molecule has 1 atom stereocenters. The second-order valence-electron chi connectivity index (χ2n) is 8.11. The number of aromatic amines is 1. The average Bonchev–Trinajstić information content (AvgIpc) is 3.15. The van der Waals surface area contributed by atoms with Gasteiger partial charge in [0.1, 0.15) is 11.0 Å². The van der Waals surface area contributed by atoms with Gasteiger partial charge in [-0.15, -0.1) is 11.3 Å². The molecule has 0 bridgehead atoms. The molecule has 2 aliphatic rings. The van der Waals surface area contributed by atoms with E-state index in [4.69, 9.17) is 9.40 Å². The molecule has 3 aromatic heterocycles. The van der Waals surface area contributed by atoms with Crippen LogP contribution in [0.4, 0.5) is 0 Å². The smallest absolute Gasteiger partial charge is 0.292 e. The zero-order valence-electron chi connectivity index (χ0n) is 16.6. The lowest BCUT2D eigenvalue weighted by molar-refractivity contribution is 0.0654. The number of carbonyl (C=O) groups excluding carboxylic acids is 1. The Morgan fingerprint density at radius 3 is 3.00 bits per heavy atom. The molecule has 1 saturated carbocycles. The summed E-state index contributed by atoms with van der Waals surface area (Å²) in [5, 5.41) is 0.868. The third-order valence-electron chi connectivity index (χ3n) is 5.93. The Labute approximate surface area is 177 Å². The monoisotopic (exact) mass is 419 g/mol. The fraction of sp³-hybridized carbons (Fsp3) is 0.364. The van der Waals surface area contributed by atoms with Gasteiger partial charge in [-0.25, -0.2) is 15.0 Å². The number of thiazole rings is 1. The van der Waals surface area contributed by atoms with E-state index >= 15 is 0 Å². The summed E-state index contributed by atoms with van der Waals surface area (Å²) in [4.78, 5) is 32.6. The zero-order valence-corrected chi connectivity index (χ0v) is 17.4. The maximum absolute atomic E-state index is 13.6. The number of rotatable bonds is 4. The number of aromatic nitrogens is 4. The van der Waals surface area contributed by atoms with E-state index in [9.17, 15) is 4.79 Å². The van der Waals surface area contributed by atoms with Crippen molar-refractivity contribution in [2.24, 2.45) is 5.92 Å². The first-order valence-corrected chi connectivity index (χ1v) is 11.1. The van der Waals surface area contributed by atoms with Gasteiger partial charge in [0.05, 0.1) is 27.9 Å². The Balaban J connectivity index is 1.40. The van der Waals surface area contributed by atoms with Crippen LogP contribution in [-0.2, 0) is 12.8 Å².